The molecule has 1 aromatic heterocycles. The monoisotopic (exact) mass is 410 g/mol. The molecule has 0 fully saturated rings. The van der Waals surface area contributed by atoms with Crippen LogP contribution in [0.25, 0.3) is 20.9 Å². The highest BCUT2D eigenvalue weighted by Crippen LogP contribution is 2.32. The lowest BCUT2D eigenvalue weighted by Gasteiger charge is -2.09. The summed E-state index contributed by atoms with van der Waals surface area (Å²) in [6.07, 6.45) is 1.67. The van der Waals surface area contributed by atoms with E-state index in [0.717, 1.165) is 20.9 Å². The number of aliphatic imine (C=N–C) groups is 1. The lowest BCUT2D eigenvalue weighted by molar-refractivity contribution is 0.601. The first kappa shape index (κ1) is 18.4. The van der Waals surface area contributed by atoms with E-state index in [1.807, 2.05) is 55.4 Å². The number of anilines is 1. The molecule has 4 aromatic rings. The Hall–Kier alpha value is -2.97. The van der Waals surface area contributed by atoms with Gasteiger partial charge in [-0.3, -0.25) is 4.72 Å². The number of hydrogen-bond acceptors (Lipinski definition) is 5. The van der Waals surface area contributed by atoms with Crippen molar-refractivity contribution in [2.75, 3.05) is 18.8 Å². The van der Waals surface area contributed by atoms with Crippen LogP contribution in [0.5, 0.6) is 0 Å². The normalized spacial score (nSPS) is 12.1. The summed E-state index contributed by atoms with van der Waals surface area (Å²) in [5, 5.41) is 2.68. The molecule has 8 heteroatoms. The lowest BCUT2D eigenvalue weighted by atomic mass is 10.1. The fraction of sp³-hybridized carbons (Fsp3) is 0.100. The van der Waals surface area contributed by atoms with Crippen molar-refractivity contribution in [3.05, 3.63) is 60.7 Å². The molecular formula is C20H18N4O2S2. The minimum Gasteiger partial charge on any atom is -0.369 e. The molecule has 0 aliphatic rings. The average Bonchev–Trinajstić information content (AvgIpc) is 3.08. The van der Waals surface area contributed by atoms with Crippen molar-refractivity contribution in [2.45, 2.75) is 4.90 Å². The fourth-order valence-electron chi connectivity index (χ4n) is 2.80. The third-order valence-corrected chi connectivity index (χ3v) is 6.34. The van der Waals surface area contributed by atoms with Crippen molar-refractivity contribution < 1.29 is 8.42 Å². The van der Waals surface area contributed by atoms with E-state index < -0.39 is 10.0 Å². The summed E-state index contributed by atoms with van der Waals surface area (Å²) in [6.45, 7) is 0. The predicted octanol–water partition coefficient (Wildman–Crippen LogP) is 4.47. The summed E-state index contributed by atoms with van der Waals surface area (Å²) < 4.78 is 33.7. The van der Waals surface area contributed by atoms with Gasteiger partial charge in [-0.1, -0.05) is 30.3 Å². The highest BCUT2D eigenvalue weighted by atomic mass is 32.2. The molecule has 0 aliphatic carbocycles. The molecule has 0 spiro atoms. The highest BCUT2D eigenvalue weighted by Gasteiger charge is 2.16. The van der Waals surface area contributed by atoms with E-state index in [1.165, 1.54) is 11.5 Å². The zero-order valence-corrected chi connectivity index (χ0v) is 17.0. The van der Waals surface area contributed by atoms with Gasteiger partial charge >= 0.3 is 0 Å². The Morgan fingerprint density at radius 1 is 1.04 bits per heavy atom. The molecule has 0 amide bonds. The molecule has 0 atom stereocenters. The first-order valence-electron chi connectivity index (χ1n) is 8.54. The molecule has 142 valence electrons. The average molecular weight is 411 g/mol. The largest absolute Gasteiger partial charge is 0.369 e. The summed E-state index contributed by atoms with van der Waals surface area (Å²) in [7, 11) is 0.0436. The number of nitrogens with zero attached hydrogens (tertiary/aromatic N) is 3. The van der Waals surface area contributed by atoms with E-state index in [1.54, 1.807) is 30.6 Å². The summed E-state index contributed by atoms with van der Waals surface area (Å²) in [6, 6.07) is 18.1. The Labute approximate surface area is 167 Å². The molecule has 0 aliphatic heterocycles. The number of benzene rings is 3. The zero-order chi connectivity index (χ0) is 19.7. The molecule has 3 aromatic carbocycles. The van der Waals surface area contributed by atoms with Crippen molar-refractivity contribution in [2.24, 2.45) is 4.99 Å². The molecule has 6 nitrogen and oxygen atoms in total. The first-order chi connectivity index (χ1) is 13.4. The number of fused-ring (bicyclic) bond motifs is 2. The van der Waals surface area contributed by atoms with E-state index in [-0.39, 0.29) is 4.90 Å². The molecule has 4 rings (SSSR count). The number of aromatic nitrogens is 1. The van der Waals surface area contributed by atoms with Crippen LogP contribution in [0.4, 0.5) is 11.5 Å². The van der Waals surface area contributed by atoms with Crippen LogP contribution in [0.2, 0.25) is 0 Å². The SMILES string of the molecule is CN(C)/C=N/c1nsc2ccc(NS(=O)(=O)c3ccc4ccccc4c3)cc12. The second-order valence-electron chi connectivity index (χ2n) is 6.54. The number of sulfonamides is 1. The van der Waals surface area contributed by atoms with Crippen LogP contribution in [0.1, 0.15) is 0 Å². The summed E-state index contributed by atoms with van der Waals surface area (Å²) >= 11 is 1.33. The Balaban J connectivity index is 1.68. The molecule has 28 heavy (non-hydrogen) atoms. The highest BCUT2D eigenvalue weighted by molar-refractivity contribution is 7.92. The van der Waals surface area contributed by atoms with Crippen molar-refractivity contribution in [3.63, 3.8) is 0 Å². The number of nitrogens with one attached hydrogen (secondary N) is 1. The summed E-state index contributed by atoms with van der Waals surface area (Å²) in [5.74, 6) is 0.570. The van der Waals surface area contributed by atoms with Gasteiger partial charge in [0.2, 0.25) is 0 Å². The molecule has 0 bridgehead atoms. The Bertz CT molecular complexity index is 1290. The van der Waals surface area contributed by atoms with Crippen molar-refractivity contribution >= 4 is 60.3 Å². The first-order valence-corrected chi connectivity index (χ1v) is 10.8. The minimum atomic E-state index is -3.71. The molecule has 0 saturated carbocycles. The second kappa shape index (κ2) is 7.21. The summed E-state index contributed by atoms with van der Waals surface area (Å²) in [4.78, 5) is 6.39. The van der Waals surface area contributed by atoms with Crippen LogP contribution in [0.15, 0.2) is 70.6 Å². The van der Waals surface area contributed by atoms with E-state index in [9.17, 15) is 8.42 Å². The molecule has 0 radical (unpaired) electrons. The quantitative estimate of drug-likeness (QED) is 0.389. The van der Waals surface area contributed by atoms with Gasteiger partial charge in [0.15, 0.2) is 5.82 Å². The Morgan fingerprint density at radius 3 is 2.61 bits per heavy atom. The van der Waals surface area contributed by atoms with Gasteiger partial charge in [-0.25, -0.2) is 13.4 Å². The van der Waals surface area contributed by atoms with Gasteiger partial charge in [0, 0.05) is 25.2 Å². The van der Waals surface area contributed by atoms with Crippen LogP contribution in [0.3, 0.4) is 0 Å². The van der Waals surface area contributed by atoms with E-state index >= 15 is 0 Å². The Kier molecular flexibility index (Phi) is 4.74. The van der Waals surface area contributed by atoms with Gasteiger partial charge in [-0.15, -0.1) is 0 Å². The maximum atomic E-state index is 12.9. The topological polar surface area (TPSA) is 74.7 Å². The number of hydrogen-bond donors (Lipinski definition) is 1. The maximum absolute atomic E-state index is 12.9. The van der Waals surface area contributed by atoms with Crippen molar-refractivity contribution in [1.29, 1.82) is 0 Å². The molecular weight excluding hydrogens is 392 g/mol. The molecule has 0 saturated heterocycles. The third kappa shape index (κ3) is 3.69. The van der Waals surface area contributed by atoms with Crippen molar-refractivity contribution in [3.8, 4) is 0 Å². The van der Waals surface area contributed by atoms with Crippen LogP contribution in [-0.4, -0.2) is 38.1 Å². The summed E-state index contributed by atoms with van der Waals surface area (Å²) in [5.41, 5.74) is 0.474. The maximum Gasteiger partial charge on any atom is 0.261 e. The second-order valence-corrected chi connectivity index (χ2v) is 9.03. The molecule has 1 N–H and O–H groups in total. The van der Waals surface area contributed by atoms with Gasteiger partial charge in [0.1, 0.15) is 0 Å². The lowest BCUT2D eigenvalue weighted by Crippen LogP contribution is -2.12. The van der Waals surface area contributed by atoms with Crippen LogP contribution in [0, 0.1) is 0 Å². The standard InChI is InChI=1S/C20H18N4O2S2/c1-24(2)13-21-20-18-12-16(8-10-19(18)27-22-20)23-28(25,26)17-9-7-14-5-3-4-6-15(14)11-17/h3-13,23H,1-2H3/b21-13+. The molecule has 1 heterocycles. The van der Waals surface area contributed by atoms with Gasteiger partial charge < -0.3 is 4.90 Å². The Morgan fingerprint density at radius 2 is 1.82 bits per heavy atom. The smallest absolute Gasteiger partial charge is 0.261 e. The van der Waals surface area contributed by atoms with Crippen LogP contribution >= 0.6 is 11.5 Å². The van der Waals surface area contributed by atoms with Gasteiger partial charge in [-0.2, -0.15) is 4.37 Å². The van der Waals surface area contributed by atoms with Gasteiger partial charge in [0.25, 0.3) is 10.0 Å². The van der Waals surface area contributed by atoms with E-state index in [4.69, 9.17) is 0 Å². The van der Waals surface area contributed by atoms with E-state index in [0.29, 0.717) is 11.5 Å². The molecule has 0 unspecified atom stereocenters. The van der Waals surface area contributed by atoms with Gasteiger partial charge in [0.05, 0.1) is 15.9 Å². The third-order valence-electron chi connectivity index (χ3n) is 4.15. The van der Waals surface area contributed by atoms with E-state index in [2.05, 4.69) is 14.1 Å². The fourth-order valence-corrected chi connectivity index (χ4v) is 4.59. The van der Waals surface area contributed by atoms with Gasteiger partial charge in [-0.05, 0) is 52.6 Å². The predicted molar refractivity (Wildman–Crippen MR) is 116 cm³/mol. The van der Waals surface area contributed by atoms with Crippen LogP contribution < -0.4 is 4.72 Å². The number of rotatable bonds is 5. The van der Waals surface area contributed by atoms with Crippen LogP contribution in [-0.2, 0) is 10.0 Å². The zero-order valence-electron chi connectivity index (χ0n) is 15.3. The minimum absolute atomic E-state index is 0.223. The van der Waals surface area contributed by atoms with Crippen molar-refractivity contribution in [1.82, 2.24) is 9.27 Å².